The van der Waals surface area contributed by atoms with Crippen molar-refractivity contribution in [2.24, 2.45) is 7.05 Å². The number of hydrogen-bond acceptors (Lipinski definition) is 3. The first-order chi connectivity index (χ1) is 15.1. The lowest BCUT2D eigenvalue weighted by molar-refractivity contribution is 0.0175. The van der Waals surface area contributed by atoms with Crippen molar-refractivity contribution >= 4 is 40.1 Å². The third-order valence-corrected chi connectivity index (χ3v) is 6.72. The average molecular weight is 481 g/mol. The fourth-order valence-corrected chi connectivity index (χ4v) is 4.62. The molecule has 4 rings (SSSR count). The predicted molar refractivity (Wildman–Crippen MR) is 123 cm³/mol. The molecule has 1 saturated heterocycles. The Morgan fingerprint density at radius 1 is 1.22 bits per heavy atom. The van der Waals surface area contributed by atoms with E-state index in [1.165, 1.54) is 12.1 Å². The van der Waals surface area contributed by atoms with Crippen molar-refractivity contribution in [1.82, 2.24) is 19.8 Å². The molecular weight excluding hydrogens is 457 g/mol. The van der Waals surface area contributed by atoms with Crippen LogP contribution in [-0.4, -0.2) is 46.5 Å². The Balaban J connectivity index is 1.73. The minimum Gasteiger partial charge on any atom is -0.336 e. The second kappa shape index (κ2) is 8.61. The van der Waals surface area contributed by atoms with Crippen LogP contribution in [0.5, 0.6) is 0 Å². The number of amides is 1. The van der Waals surface area contributed by atoms with Gasteiger partial charge in [0.25, 0.3) is 11.8 Å². The number of alkyl halides is 2. The summed E-state index contributed by atoms with van der Waals surface area (Å²) in [6.07, 6.45) is 0.267. The third kappa shape index (κ3) is 4.21. The number of carbonyl (C=O) groups is 1. The van der Waals surface area contributed by atoms with Crippen LogP contribution in [0.15, 0.2) is 24.3 Å². The highest BCUT2D eigenvalue weighted by Gasteiger charge is 2.27. The second-order valence-electron chi connectivity index (χ2n) is 8.24. The number of piperazine rings is 1. The highest BCUT2D eigenvalue weighted by Crippen LogP contribution is 2.34. The van der Waals surface area contributed by atoms with Crippen LogP contribution in [-0.2, 0) is 19.4 Å². The molecule has 170 valence electrons. The summed E-state index contributed by atoms with van der Waals surface area (Å²) in [6, 6.07) is 6.24. The molecule has 32 heavy (non-hydrogen) atoms. The fraction of sp³-hybridized carbons (Fsp3) is 0.391. The fourth-order valence-electron chi connectivity index (χ4n) is 4.04. The maximum atomic E-state index is 13.9. The summed E-state index contributed by atoms with van der Waals surface area (Å²) in [6.45, 7) is 5.35. The molecule has 5 nitrogen and oxygen atoms in total. The molecule has 1 aliphatic rings. The molecule has 1 N–H and O–H groups in total. The van der Waals surface area contributed by atoms with Crippen LogP contribution in [0, 0.1) is 6.92 Å². The minimum atomic E-state index is -2.95. The number of aryl methyl sites for hydroxylation is 2. The number of nitrogens with one attached hydrogen (secondary N) is 1. The Bertz CT molecular complexity index is 1200. The SMILES string of the molecule is Cc1cc(C(C)(F)F)cc2c1nc(Cc1c(Cl)ccc(C(=O)N3CCNCC3)c1Cl)n2C. The van der Waals surface area contributed by atoms with E-state index in [1.807, 2.05) is 0 Å². The summed E-state index contributed by atoms with van der Waals surface area (Å²) in [5, 5.41) is 3.94. The first kappa shape index (κ1) is 23.0. The van der Waals surface area contributed by atoms with Gasteiger partial charge in [-0.3, -0.25) is 4.79 Å². The maximum Gasteiger partial charge on any atom is 0.270 e. The van der Waals surface area contributed by atoms with Crippen LogP contribution in [0.25, 0.3) is 11.0 Å². The van der Waals surface area contributed by atoms with Crippen LogP contribution in [0.1, 0.15) is 39.8 Å². The van der Waals surface area contributed by atoms with Crippen molar-refractivity contribution in [3.05, 3.63) is 62.4 Å². The molecule has 0 aliphatic carbocycles. The third-order valence-electron chi connectivity index (χ3n) is 5.93. The van der Waals surface area contributed by atoms with Crippen LogP contribution in [0.3, 0.4) is 0 Å². The van der Waals surface area contributed by atoms with Crippen molar-refractivity contribution in [3.8, 4) is 0 Å². The lowest BCUT2D eigenvalue weighted by Crippen LogP contribution is -2.46. The molecule has 9 heteroatoms. The first-order valence-corrected chi connectivity index (χ1v) is 11.1. The van der Waals surface area contributed by atoms with Crippen molar-refractivity contribution in [2.45, 2.75) is 26.2 Å². The number of halogens is 4. The van der Waals surface area contributed by atoms with E-state index in [2.05, 4.69) is 10.3 Å². The number of fused-ring (bicyclic) bond motifs is 1. The van der Waals surface area contributed by atoms with Gasteiger partial charge in [0.15, 0.2) is 0 Å². The van der Waals surface area contributed by atoms with Gasteiger partial charge in [-0.1, -0.05) is 23.2 Å². The Morgan fingerprint density at radius 2 is 1.91 bits per heavy atom. The zero-order chi connectivity index (χ0) is 23.2. The Morgan fingerprint density at radius 3 is 2.56 bits per heavy atom. The molecule has 1 aliphatic heterocycles. The number of benzene rings is 2. The average Bonchev–Trinajstić information content (AvgIpc) is 3.07. The van der Waals surface area contributed by atoms with E-state index in [-0.39, 0.29) is 17.9 Å². The summed E-state index contributed by atoms with van der Waals surface area (Å²) in [7, 11) is 1.78. The van der Waals surface area contributed by atoms with Gasteiger partial charge >= 0.3 is 0 Å². The quantitative estimate of drug-likeness (QED) is 0.575. The Labute approximate surface area is 195 Å². The molecule has 0 bridgehead atoms. The molecule has 0 spiro atoms. The molecule has 0 saturated carbocycles. The molecule has 0 radical (unpaired) electrons. The largest absolute Gasteiger partial charge is 0.336 e. The van der Waals surface area contributed by atoms with Crippen molar-refractivity contribution in [1.29, 1.82) is 0 Å². The van der Waals surface area contributed by atoms with Crippen LogP contribution in [0.4, 0.5) is 8.78 Å². The van der Waals surface area contributed by atoms with E-state index in [4.69, 9.17) is 23.2 Å². The maximum absolute atomic E-state index is 13.9. The molecular formula is C23H24Cl2F2N4O. The summed E-state index contributed by atoms with van der Waals surface area (Å²) < 4.78 is 29.6. The first-order valence-electron chi connectivity index (χ1n) is 10.4. The minimum absolute atomic E-state index is 0.0586. The number of nitrogens with zero attached hydrogens (tertiary/aromatic N) is 3. The van der Waals surface area contributed by atoms with Gasteiger partial charge in [-0.25, -0.2) is 13.8 Å². The Kier molecular flexibility index (Phi) is 6.18. The summed E-state index contributed by atoms with van der Waals surface area (Å²) in [5.74, 6) is -2.46. The van der Waals surface area contributed by atoms with E-state index < -0.39 is 5.92 Å². The highest BCUT2D eigenvalue weighted by atomic mass is 35.5. The van der Waals surface area contributed by atoms with E-state index in [0.717, 1.165) is 20.0 Å². The number of rotatable bonds is 4. The van der Waals surface area contributed by atoms with E-state index in [0.29, 0.717) is 56.7 Å². The van der Waals surface area contributed by atoms with Gasteiger partial charge in [-0.2, -0.15) is 0 Å². The number of imidazole rings is 1. The van der Waals surface area contributed by atoms with Crippen molar-refractivity contribution < 1.29 is 13.6 Å². The molecule has 1 fully saturated rings. The van der Waals surface area contributed by atoms with Gasteiger partial charge < -0.3 is 14.8 Å². The molecule has 1 amide bonds. The summed E-state index contributed by atoms with van der Waals surface area (Å²) in [5.41, 5.74) is 2.85. The van der Waals surface area contributed by atoms with Crippen LogP contribution < -0.4 is 5.32 Å². The normalized spacial score (nSPS) is 14.9. The summed E-state index contributed by atoms with van der Waals surface area (Å²) >= 11 is 13.1. The lowest BCUT2D eigenvalue weighted by Gasteiger charge is -2.28. The van der Waals surface area contributed by atoms with E-state index in [1.54, 1.807) is 35.6 Å². The molecule has 2 heterocycles. The second-order valence-corrected chi connectivity index (χ2v) is 9.03. The zero-order valence-electron chi connectivity index (χ0n) is 18.1. The van der Waals surface area contributed by atoms with Gasteiger partial charge in [-0.05, 0) is 42.3 Å². The van der Waals surface area contributed by atoms with Crippen molar-refractivity contribution in [2.75, 3.05) is 26.2 Å². The lowest BCUT2D eigenvalue weighted by atomic mass is 10.1. The van der Waals surface area contributed by atoms with E-state index in [9.17, 15) is 13.6 Å². The highest BCUT2D eigenvalue weighted by molar-refractivity contribution is 6.38. The molecule has 3 aromatic rings. The van der Waals surface area contributed by atoms with Crippen molar-refractivity contribution in [3.63, 3.8) is 0 Å². The van der Waals surface area contributed by atoms with Crippen LogP contribution >= 0.6 is 23.2 Å². The Hall–Kier alpha value is -2.22. The smallest absolute Gasteiger partial charge is 0.270 e. The van der Waals surface area contributed by atoms with Crippen LogP contribution in [0.2, 0.25) is 10.0 Å². The van der Waals surface area contributed by atoms with Gasteiger partial charge in [0.05, 0.1) is 21.6 Å². The monoisotopic (exact) mass is 480 g/mol. The topological polar surface area (TPSA) is 50.2 Å². The van der Waals surface area contributed by atoms with Gasteiger partial charge in [-0.15, -0.1) is 0 Å². The molecule has 1 aromatic heterocycles. The van der Waals surface area contributed by atoms with Gasteiger partial charge in [0.1, 0.15) is 5.82 Å². The van der Waals surface area contributed by atoms with Gasteiger partial charge in [0, 0.05) is 57.2 Å². The number of hydrogen-bond donors (Lipinski definition) is 1. The summed E-state index contributed by atoms with van der Waals surface area (Å²) in [4.78, 5) is 19.4. The van der Waals surface area contributed by atoms with Gasteiger partial charge in [0.2, 0.25) is 0 Å². The molecule has 0 atom stereocenters. The number of carbonyl (C=O) groups excluding carboxylic acids is 1. The zero-order valence-corrected chi connectivity index (χ0v) is 19.6. The number of aromatic nitrogens is 2. The standard InChI is InChI=1S/C23H24Cl2F2N4O/c1-13-10-14(23(2,26)27)11-18-21(13)29-19(30(18)3)12-16-17(24)5-4-15(20(16)25)22(32)31-8-6-28-7-9-31/h4-5,10-11,28H,6-9,12H2,1-3H3. The predicted octanol–water partition coefficient (Wildman–Crippen LogP) is 4.94. The molecule has 0 unspecified atom stereocenters. The molecule has 2 aromatic carbocycles. The van der Waals surface area contributed by atoms with E-state index >= 15 is 0 Å².